The molecule has 2 rings (SSSR count). The van der Waals surface area contributed by atoms with Crippen molar-refractivity contribution in [3.63, 3.8) is 0 Å². The van der Waals surface area contributed by atoms with E-state index in [1.807, 2.05) is 0 Å². The van der Waals surface area contributed by atoms with E-state index in [1.165, 1.54) is 11.3 Å². The van der Waals surface area contributed by atoms with E-state index in [-0.39, 0.29) is 5.79 Å². The summed E-state index contributed by atoms with van der Waals surface area (Å²) in [7, 11) is 2.16. The first-order valence-corrected chi connectivity index (χ1v) is 7.18. The molecule has 0 radical (unpaired) electrons. The zero-order valence-electron chi connectivity index (χ0n) is 12.5. The molecule has 2 aliphatic rings. The maximum atomic E-state index is 6.33. The number of piperidine rings is 1. The van der Waals surface area contributed by atoms with Crippen LogP contribution >= 0.6 is 0 Å². The second-order valence-corrected chi connectivity index (χ2v) is 6.30. The SMILES string of the molecule is CC(C)C1=C(C(C)C)OC2(CCN(C)CC2)OC1. The van der Waals surface area contributed by atoms with E-state index in [2.05, 4.69) is 39.6 Å². The first-order valence-electron chi connectivity index (χ1n) is 7.18. The first-order chi connectivity index (χ1) is 8.43. The van der Waals surface area contributed by atoms with Crippen molar-refractivity contribution in [3.8, 4) is 0 Å². The van der Waals surface area contributed by atoms with Crippen molar-refractivity contribution in [2.24, 2.45) is 11.8 Å². The Hall–Kier alpha value is -0.540. The van der Waals surface area contributed by atoms with Crippen molar-refractivity contribution >= 4 is 0 Å². The Morgan fingerprint density at radius 1 is 1.06 bits per heavy atom. The average molecular weight is 253 g/mol. The molecule has 18 heavy (non-hydrogen) atoms. The summed E-state index contributed by atoms with van der Waals surface area (Å²) in [5, 5.41) is 0. The van der Waals surface area contributed by atoms with Gasteiger partial charge in [-0.1, -0.05) is 27.7 Å². The quantitative estimate of drug-likeness (QED) is 0.755. The van der Waals surface area contributed by atoms with Gasteiger partial charge in [0.05, 0.1) is 6.61 Å². The summed E-state index contributed by atoms with van der Waals surface area (Å²) in [6.45, 7) is 11.7. The highest BCUT2D eigenvalue weighted by Crippen LogP contribution is 2.38. The standard InChI is InChI=1S/C15H27NO2/c1-11(2)13-10-17-15(18-14(13)12(3)4)6-8-16(5)9-7-15/h11-12H,6-10H2,1-5H3. The van der Waals surface area contributed by atoms with E-state index in [0.717, 1.165) is 32.5 Å². The number of rotatable bonds is 2. The van der Waals surface area contributed by atoms with E-state index < -0.39 is 0 Å². The van der Waals surface area contributed by atoms with E-state index >= 15 is 0 Å². The van der Waals surface area contributed by atoms with Gasteiger partial charge in [0.2, 0.25) is 5.79 Å². The fraction of sp³-hybridized carbons (Fsp3) is 0.867. The van der Waals surface area contributed by atoms with Crippen LogP contribution in [0.4, 0.5) is 0 Å². The predicted molar refractivity (Wildman–Crippen MR) is 73.2 cm³/mol. The van der Waals surface area contributed by atoms with Crippen molar-refractivity contribution in [1.29, 1.82) is 0 Å². The minimum atomic E-state index is -0.343. The van der Waals surface area contributed by atoms with Crippen molar-refractivity contribution < 1.29 is 9.47 Å². The highest BCUT2D eigenvalue weighted by Gasteiger charge is 2.41. The lowest BCUT2D eigenvalue weighted by Crippen LogP contribution is -2.49. The van der Waals surface area contributed by atoms with Gasteiger partial charge in [-0.2, -0.15) is 0 Å². The van der Waals surface area contributed by atoms with Gasteiger partial charge in [0.15, 0.2) is 0 Å². The van der Waals surface area contributed by atoms with Gasteiger partial charge in [-0.05, 0) is 18.5 Å². The molecule has 0 aromatic carbocycles. The van der Waals surface area contributed by atoms with Gasteiger partial charge in [0.1, 0.15) is 5.76 Å². The fourth-order valence-corrected chi connectivity index (χ4v) is 2.72. The molecule has 2 heterocycles. The molecule has 0 atom stereocenters. The highest BCUT2D eigenvalue weighted by molar-refractivity contribution is 5.16. The van der Waals surface area contributed by atoms with E-state index in [0.29, 0.717) is 11.8 Å². The van der Waals surface area contributed by atoms with Gasteiger partial charge < -0.3 is 14.4 Å². The molecule has 0 unspecified atom stereocenters. The zero-order chi connectivity index (χ0) is 13.3. The van der Waals surface area contributed by atoms with Crippen LogP contribution in [0.3, 0.4) is 0 Å². The Morgan fingerprint density at radius 2 is 1.67 bits per heavy atom. The fourth-order valence-electron chi connectivity index (χ4n) is 2.72. The number of hydrogen-bond acceptors (Lipinski definition) is 3. The molecule has 0 N–H and O–H groups in total. The van der Waals surface area contributed by atoms with Gasteiger partial charge in [0.25, 0.3) is 0 Å². The van der Waals surface area contributed by atoms with Gasteiger partial charge in [-0.3, -0.25) is 0 Å². The second kappa shape index (κ2) is 5.22. The van der Waals surface area contributed by atoms with Crippen molar-refractivity contribution in [1.82, 2.24) is 4.90 Å². The topological polar surface area (TPSA) is 21.7 Å². The molecule has 1 spiro atoms. The van der Waals surface area contributed by atoms with Crippen LogP contribution in [0.5, 0.6) is 0 Å². The van der Waals surface area contributed by atoms with Gasteiger partial charge in [0, 0.05) is 31.8 Å². The molecule has 2 aliphatic heterocycles. The minimum Gasteiger partial charge on any atom is -0.466 e. The molecule has 0 aromatic rings. The molecule has 104 valence electrons. The van der Waals surface area contributed by atoms with Gasteiger partial charge >= 0.3 is 0 Å². The summed E-state index contributed by atoms with van der Waals surface area (Å²) in [4.78, 5) is 2.34. The van der Waals surface area contributed by atoms with Crippen LogP contribution in [0.2, 0.25) is 0 Å². The maximum Gasteiger partial charge on any atom is 0.212 e. The number of ether oxygens (including phenoxy) is 2. The Kier molecular flexibility index (Phi) is 4.02. The van der Waals surface area contributed by atoms with Crippen LogP contribution in [0.15, 0.2) is 11.3 Å². The summed E-state index contributed by atoms with van der Waals surface area (Å²) in [6, 6.07) is 0. The molecule has 3 heteroatoms. The lowest BCUT2D eigenvalue weighted by Gasteiger charge is -2.45. The monoisotopic (exact) mass is 253 g/mol. The summed E-state index contributed by atoms with van der Waals surface area (Å²) in [5.41, 5.74) is 1.34. The molecule has 0 saturated carbocycles. The average Bonchev–Trinajstić information content (AvgIpc) is 2.33. The summed E-state index contributed by atoms with van der Waals surface area (Å²) < 4.78 is 12.4. The van der Waals surface area contributed by atoms with E-state index in [9.17, 15) is 0 Å². The third kappa shape index (κ3) is 2.72. The second-order valence-electron chi connectivity index (χ2n) is 6.30. The predicted octanol–water partition coefficient (Wildman–Crippen LogP) is 3.02. The van der Waals surface area contributed by atoms with Crippen LogP contribution in [0, 0.1) is 11.8 Å². The van der Waals surface area contributed by atoms with Crippen LogP contribution < -0.4 is 0 Å². The smallest absolute Gasteiger partial charge is 0.212 e. The molecule has 1 saturated heterocycles. The third-order valence-corrected chi connectivity index (χ3v) is 4.07. The van der Waals surface area contributed by atoms with Crippen LogP contribution in [-0.2, 0) is 9.47 Å². The van der Waals surface area contributed by atoms with Gasteiger partial charge in [-0.15, -0.1) is 0 Å². The summed E-state index contributed by atoms with van der Waals surface area (Å²) in [6.07, 6.45) is 1.95. The molecule has 0 amide bonds. The van der Waals surface area contributed by atoms with Crippen molar-refractivity contribution in [3.05, 3.63) is 11.3 Å². The normalized spacial score (nSPS) is 25.1. The van der Waals surface area contributed by atoms with E-state index in [1.54, 1.807) is 0 Å². The first kappa shape index (κ1) is 13.9. The Labute approximate surface area is 111 Å². The Bertz CT molecular complexity index is 325. The molecule has 0 aliphatic carbocycles. The Morgan fingerprint density at radius 3 is 2.17 bits per heavy atom. The van der Waals surface area contributed by atoms with Crippen molar-refractivity contribution in [2.45, 2.75) is 46.3 Å². The lowest BCUT2D eigenvalue weighted by molar-refractivity contribution is -0.250. The molecular formula is C15H27NO2. The molecule has 0 aromatic heterocycles. The largest absolute Gasteiger partial charge is 0.466 e. The third-order valence-electron chi connectivity index (χ3n) is 4.07. The highest BCUT2D eigenvalue weighted by atomic mass is 16.7. The lowest BCUT2D eigenvalue weighted by atomic mass is 9.94. The molecule has 3 nitrogen and oxygen atoms in total. The molecular weight excluding hydrogens is 226 g/mol. The Balaban J connectivity index is 2.17. The van der Waals surface area contributed by atoms with E-state index in [4.69, 9.17) is 9.47 Å². The number of likely N-dealkylation sites (tertiary alicyclic amines) is 1. The van der Waals surface area contributed by atoms with Gasteiger partial charge in [-0.25, -0.2) is 0 Å². The zero-order valence-corrected chi connectivity index (χ0v) is 12.5. The van der Waals surface area contributed by atoms with Crippen LogP contribution in [0.25, 0.3) is 0 Å². The summed E-state index contributed by atoms with van der Waals surface area (Å²) >= 11 is 0. The minimum absolute atomic E-state index is 0.343. The number of hydrogen-bond donors (Lipinski definition) is 0. The summed E-state index contributed by atoms with van der Waals surface area (Å²) in [5.74, 6) is 1.79. The molecule has 0 bridgehead atoms. The van der Waals surface area contributed by atoms with Crippen molar-refractivity contribution in [2.75, 3.05) is 26.7 Å². The maximum absolute atomic E-state index is 6.33. The van der Waals surface area contributed by atoms with Crippen LogP contribution in [0.1, 0.15) is 40.5 Å². The number of allylic oxidation sites excluding steroid dienone is 1. The number of nitrogens with zero attached hydrogens (tertiary/aromatic N) is 1. The molecule has 1 fully saturated rings. The van der Waals surface area contributed by atoms with Crippen LogP contribution in [-0.4, -0.2) is 37.4 Å².